The molecule has 25 heavy (non-hydrogen) atoms. The number of aromatic nitrogens is 1. The van der Waals surface area contributed by atoms with Crippen molar-refractivity contribution in [1.82, 2.24) is 15.7 Å². The van der Waals surface area contributed by atoms with Crippen molar-refractivity contribution < 1.29 is 14.3 Å². The maximum Gasteiger partial charge on any atom is 0.272 e. The minimum absolute atomic E-state index is 0.0349. The second kappa shape index (κ2) is 9.17. The number of carbonyl (C=O) groups is 2. The molecule has 0 saturated heterocycles. The molecule has 0 aliphatic carbocycles. The fraction of sp³-hybridized carbons (Fsp3) is 0.222. The maximum atomic E-state index is 11.8. The van der Waals surface area contributed by atoms with E-state index in [0.29, 0.717) is 11.3 Å². The van der Waals surface area contributed by atoms with Gasteiger partial charge in [0.25, 0.3) is 11.8 Å². The fourth-order valence-electron chi connectivity index (χ4n) is 1.89. The van der Waals surface area contributed by atoms with Gasteiger partial charge in [0.2, 0.25) is 0 Å². The summed E-state index contributed by atoms with van der Waals surface area (Å²) in [6, 6.07) is 10.4. The van der Waals surface area contributed by atoms with Gasteiger partial charge in [-0.3, -0.25) is 14.6 Å². The molecule has 1 aromatic heterocycles. The van der Waals surface area contributed by atoms with Crippen molar-refractivity contribution in [3.05, 3.63) is 59.9 Å². The largest absolute Gasteiger partial charge is 0.484 e. The summed E-state index contributed by atoms with van der Waals surface area (Å²) in [5.41, 5.74) is 3.64. The Bertz CT molecular complexity index is 728. The van der Waals surface area contributed by atoms with Crippen LogP contribution in [0.15, 0.2) is 53.9 Å². The first kappa shape index (κ1) is 18.1. The van der Waals surface area contributed by atoms with Gasteiger partial charge in [-0.25, -0.2) is 5.43 Å². The van der Waals surface area contributed by atoms with Crippen LogP contribution in [0.1, 0.15) is 29.8 Å². The van der Waals surface area contributed by atoms with E-state index in [2.05, 4.69) is 20.8 Å². The summed E-state index contributed by atoms with van der Waals surface area (Å²) in [7, 11) is 0. The minimum Gasteiger partial charge on any atom is -0.484 e. The number of nitrogens with zero attached hydrogens (tertiary/aromatic N) is 2. The first-order valence-corrected chi connectivity index (χ1v) is 7.80. The summed E-state index contributed by atoms with van der Waals surface area (Å²) < 4.78 is 5.39. The van der Waals surface area contributed by atoms with Crippen LogP contribution in [-0.4, -0.2) is 35.7 Å². The second-order valence-corrected chi connectivity index (χ2v) is 5.52. The number of benzene rings is 1. The summed E-state index contributed by atoms with van der Waals surface area (Å²) >= 11 is 0. The van der Waals surface area contributed by atoms with E-state index in [-0.39, 0.29) is 24.5 Å². The van der Waals surface area contributed by atoms with E-state index >= 15 is 0 Å². The molecule has 2 N–H and O–H groups in total. The molecule has 0 unspecified atom stereocenters. The number of amides is 2. The van der Waals surface area contributed by atoms with Gasteiger partial charge in [-0.2, -0.15) is 5.10 Å². The predicted molar refractivity (Wildman–Crippen MR) is 94.5 cm³/mol. The number of hydrazone groups is 1. The molecule has 130 valence electrons. The van der Waals surface area contributed by atoms with Crippen molar-refractivity contribution in [2.75, 3.05) is 6.61 Å². The van der Waals surface area contributed by atoms with Crippen LogP contribution in [0.25, 0.3) is 0 Å². The van der Waals surface area contributed by atoms with Gasteiger partial charge in [-0.15, -0.1) is 0 Å². The van der Waals surface area contributed by atoms with Crippen LogP contribution in [0.3, 0.4) is 0 Å². The van der Waals surface area contributed by atoms with E-state index in [1.54, 1.807) is 42.6 Å². The Kier molecular flexibility index (Phi) is 6.65. The minimum atomic E-state index is -0.333. The molecule has 1 heterocycles. The van der Waals surface area contributed by atoms with E-state index in [4.69, 9.17) is 4.74 Å². The van der Waals surface area contributed by atoms with E-state index in [1.165, 1.54) is 12.4 Å². The molecule has 2 amide bonds. The first-order chi connectivity index (χ1) is 12.0. The van der Waals surface area contributed by atoms with Crippen LogP contribution in [0.2, 0.25) is 0 Å². The van der Waals surface area contributed by atoms with Gasteiger partial charge in [0.1, 0.15) is 5.75 Å². The van der Waals surface area contributed by atoms with E-state index in [9.17, 15) is 9.59 Å². The normalized spacial score (nSPS) is 10.7. The zero-order valence-electron chi connectivity index (χ0n) is 14.1. The lowest BCUT2D eigenvalue weighted by molar-refractivity contribution is -0.123. The van der Waals surface area contributed by atoms with Crippen LogP contribution in [0.5, 0.6) is 5.75 Å². The standard InChI is InChI=1S/C18H20N4O3/c1-13(2)21-17(23)12-25-16-7-5-14(6-8-16)10-20-22-18(24)15-4-3-9-19-11-15/h3-11,13H,12H2,1-2H3,(H,21,23)(H,22,24)/b20-10-. The number of rotatable bonds is 7. The van der Waals surface area contributed by atoms with Crippen molar-refractivity contribution in [3.8, 4) is 5.75 Å². The number of ether oxygens (including phenoxy) is 1. The lowest BCUT2D eigenvalue weighted by Gasteiger charge is -2.09. The number of hydrogen-bond donors (Lipinski definition) is 2. The maximum absolute atomic E-state index is 11.8. The molecule has 0 aliphatic rings. The Hall–Kier alpha value is -3.22. The molecule has 0 fully saturated rings. The molecule has 1 aromatic carbocycles. The third-order valence-corrected chi connectivity index (χ3v) is 3.00. The Morgan fingerprint density at radius 1 is 1.24 bits per heavy atom. The van der Waals surface area contributed by atoms with Gasteiger partial charge in [-0.05, 0) is 55.8 Å². The van der Waals surface area contributed by atoms with Crippen LogP contribution in [-0.2, 0) is 4.79 Å². The van der Waals surface area contributed by atoms with E-state index < -0.39 is 0 Å². The van der Waals surface area contributed by atoms with Crippen molar-refractivity contribution in [1.29, 1.82) is 0 Å². The summed E-state index contributed by atoms with van der Waals surface area (Å²) in [5.74, 6) is 0.0784. The van der Waals surface area contributed by atoms with Gasteiger partial charge in [0, 0.05) is 18.4 Å². The molecule has 7 heteroatoms. The summed E-state index contributed by atoms with van der Waals surface area (Å²) in [4.78, 5) is 27.2. The quantitative estimate of drug-likeness (QED) is 0.593. The molecule has 2 aromatic rings. The topological polar surface area (TPSA) is 92.7 Å². The third kappa shape index (κ3) is 6.42. The average molecular weight is 340 g/mol. The Labute approximate surface area is 146 Å². The SMILES string of the molecule is CC(C)NC(=O)COc1ccc(/C=N\NC(=O)c2cccnc2)cc1. The highest BCUT2D eigenvalue weighted by Crippen LogP contribution is 2.10. The molecule has 7 nitrogen and oxygen atoms in total. The summed E-state index contributed by atoms with van der Waals surface area (Å²) in [5, 5.41) is 6.64. The van der Waals surface area contributed by atoms with Crippen molar-refractivity contribution in [2.45, 2.75) is 19.9 Å². The lowest BCUT2D eigenvalue weighted by Crippen LogP contribution is -2.34. The molecule has 0 radical (unpaired) electrons. The van der Waals surface area contributed by atoms with Gasteiger partial charge in [0.15, 0.2) is 6.61 Å². The molecular formula is C18H20N4O3. The summed E-state index contributed by atoms with van der Waals surface area (Å²) in [6.45, 7) is 3.74. The first-order valence-electron chi connectivity index (χ1n) is 7.80. The van der Waals surface area contributed by atoms with Gasteiger partial charge >= 0.3 is 0 Å². The number of nitrogens with one attached hydrogen (secondary N) is 2. The van der Waals surface area contributed by atoms with Crippen LogP contribution < -0.4 is 15.5 Å². The Morgan fingerprint density at radius 2 is 2.00 bits per heavy atom. The van der Waals surface area contributed by atoms with Crippen LogP contribution >= 0.6 is 0 Å². The third-order valence-electron chi connectivity index (χ3n) is 3.00. The van der Waals surface area contributed by atoms with Gasteiger partial charge in [0.05, 0.1) is 11.8 Å². The van der Waals surface area contributed by atoms with E-state index in [1.807, 2.05) is 13.8 Å². The Balaban J connectivity index is 1.81. The molecular weight excluding hydrogens is 320 g/mol. The fourth-order valence-corrected chi connectivity index (χ4v) is 1.89. The zero-order chi connectivity index (χ0) is 18.1. The smallest absolute Gasteiger partial charge is 0.272 e. The number of carbonyl (C=O) groups excluding carboxylic acids is 2. The molecule has 0 bridgehead atoms. The molecule has 0 aliphatic heterocycles. The Morgan fingerprint density at radius 3 is 2.64 bits per heavy atom. The summed E-state index contributed by atoms with van der Waals surface area (Å²) in [6.07, 6.45) is 4.58. The van der Waals surface area contributed by atoms with Gasteiger partial charge in [-0.1, -0.05) is 0 Å². The number of hydrogen-bond acceptors (Lipinski definition) is 5. The van der Waals surface area contributed by atoms with Crippen molar-refractivity contribution in [2.24, 2.45) is 5.10 Å². The van der Waals surface area contributed by atoms with E-state index in [0.717, 1.165) is 5.56 Å². The monoisotopic (exact) mass is 340 g/mol. The molecule has 0 atom stereocenters. The lowest BCUT2D eigenvalue weighted by atomic mass is 10.2. The van der Waals surface area contributed by atoms with Crippen LogP contribution in [0, 0.1) is 0 Å². The molecule has 0 spiro atoms. The van der Waals surface area contributed by atoms with Crippen LogP contribution in [0.4, 0.5) is 0 Å². The van der Waals surface area contributed by atoms with Crippen molar-refractivity contribution in [3.63, 3.8) is 0 Å². The van der Waals surface area contributed by atoms with Gasteiger partial charge < -0.3 is 10.1 Å². The molecule has 2 rings (SSSR count). The highest BCUT2D eigenvalue weighted by Gasteiger charge is 2.04. The highest BCUT2D eigenvalue weighted by molar-refractivity contribution is 5.94. The highest BCUT2D eigenvalue weighted by atomic mass is 16.5. The average Bonchev–Trinajstić information content (AvgIpc) is 2.61. The predicted octanol–water partition coefficient (Wildman–Crippen LogP) is 1.75. The second-order valence-electron chi connectivity index (χ2n) is 5.52. The number of pyridine rings is 1. The zero-order valence-corrected chi connectivity index (χ0v) is 14.1. The van der Waals surface area contributed by atoms with Crippen molar-refractivity contribution >= 4 is 18.0 Å². The molecule has 0 saturated carbocycles.